The lowest BCUT2D eigenvalue weighted by molar-refractivity contribution is 0.0752. The zero-order valence-corrected chi connectivity index (χ0v) is 11.6. The third-order valence-electron chi connectivity index (χ3n) is 2.85. The predicted molar refractivity (Wildman–Crippen MR) is 74.7 cm³/mol. The number of aromatic nitrogens is 3. The molecule has 19 heavy (non-hydrogen) atoms. The number of aryl methyl sites for hydroxylation is 1. The SMILES string of the molecule is Cc1ccccc1-c1nc(N)n(C(=O)C(C)(C)C)n1. The van der Waals surface area contributed by atoms with Crippen LogP contribution in [-0.2, 0) is 0 Å². The largest absolute Gasteiger partial charge is 0.368 e. The quantitative estimate of drug-likeness (QED) is 0.853. The number of hydrogen-bond donors (Lipinski definition) is 1. The molecule has 0 saturated carbocycles. The van der Waals surface area contributed by atoms with Crippen LogP contribution in [0, 0.1) is 12.3 Å². The molecule has 2 aromatic rings. The van der Waals surface area contributed by atoms with Crippen molar-refractivity contribution in [3.8, 4) is 11.4 Å². The summed E-state index contributed by atoms with van der Waals surface area (Å²) < 4.78 is 1.18. The monoisotopic (exact) mass is 258 g/mol. The first-order chi connectivity index (χ1) is 8.80. The number of carbonyl (C=O) groups is 1. The van der Waals surface area contributed by atoms with Crippen molar-refractivity contribution in [2.24, 2.45) is 5.41 Å². The van der Waals surface area contributed by atoms with E-state index in [4.69, 9.17) is 5.73 Å². The van der Waals surface area contributed by atoms with Gasteiger partial charge < -0.3 is 5.73 Å². The summed E-state index contributed by atoms with van der Waals surface area (Å²) in [6.07, 6.45) is 0. The van der Waals surface area contributed by atoms with Crippen molar-refractivity contribution in [3.63, 3.8) is 0 Å². The van der Waals surface area contributed by atoms with Crippen molar-refractivity contribution in [2.45, 2.75) is 27.7 Å². The highest BCUT2D eigenvalue weighted by atomic mass is 16.2. The molecule has 1 heterocycles. The van der Waals surface area contributed by atoms with E-state index in [1.54, 1.807) is 0 Å². The van der Waals surface area contributed by atoms with E-state index in [2.05, 4.69) is 10.1 Å². The average molecular weight is 258 g/mol. The second-order valence-corrected chi connectivity index (χ2v) is 5.58. The van der Waals surface area contributed by atoms with E-state index in [1.165, 1.54) is 4.68 Å². The van der Waals surface area contributed by atoms with Crippen LogP contribution in [0.4, 0.5) is 5.95 Å². The predicted octanol–water partition coefficient (Wildman–Crippen LogP) is 2.52. The fraction of sp³-hybridized carbons (Fsp3) is 0.357. The first-order valence-corrected chi connectivity index (χ1v) is 6.14. The molecule has 1 aromatic heterocycles. The van der Waals surface area contributed by atoms with Crippen LogP contribution in [0.5, 0.6) is 0 Å². The van der Waals surface area contributed by atoms with Crippen LogP contribution in [0.2, 0.25) is 0 Å². The second-order valence-electron chi connectivity index (χ2n) is 5.58. The van der Waals surface area contributed by atoms with Gasteiger partial charge in [-0.1, -0.05) is 45.0 Å². The van der Waals surface area contributed by atoms with Crippen LogP contribution >= 0.6 is 0 Å². The molecule has 5 heteroatoms. The number of rotatable bonds is 1. The maximum absolute atomic E-state index is 12.2. The summed E-state index contributed by atoms with van der Waals surface area (Å²) in [7, 11) is 0. The first kappa shape index (κ1) is 13.3. The highest BCUT2D eigenvalue weighted by Crippen LogP contribution is 2.23. The fourth-order valence-electron chi connectivity index (χ4n) is 1.73. The van der Waals surface area contributed by atoms with E-state index >= 15 is 0 Å². The number of nitrogens with two attached hydrogens (primary N) is 1. The Bertz CT molecular complexity index is 623. The van der Waals surface area contributed by atoms with Crippen LogP contribution in [0.25, 0.3) is 11.4 Å². The van der Waals surface area contributed by atoms with Crippen LogP contribution in [0.1, 0.15) is 31.1 Å². The van der Waals surface area contributed by atoms with Gasteiger partial charge in [0, 0.05) is 11.0 Å². The number of nitrogen functional groups attached to an aromatic ring is 1. The summed E-state index contributed by atoms with van der Waals surface area (Å²) in [5, 5.41) is 4.24. The summed E-state index contributed by atoms with van der Waals surface area (Å²) in [4.78, 5) is 16.4. The van der Waals surface area contributed by atoms with Crippen molar-refractivity contribution in [3.05, 3.63) is 29.8 Å². The van der Waals surface area contributed by atoms with Crippen molar-refractivity contribution in [1.29, 1.82) is 0 Å². The van der Waals surface area contributed by atoms with Crippen LogP contribution in [-0.4, -0.2) is 20.7 Å². The van der Waals surface area contributed by atoms with Gasteiger partial charge in [0.15, 0.2) is 5.82 Å². The Balaban J connectivity index is 2.48. The molecule has 0 fully saturated rings. The summed E-state index contributed by atoms with van der Waals surface area (Å²) >= 11 is 0. The Morgan fingerprint density at radius 1 is 1.26 bits per heavy atom. The van der Waals surface area contributed by atoms with Gasteiger partial charge >= 0.3 is 0 Å². The lowest BCUT2D eigenvalue weighted by Gasteiger charge is -2.15. The third kappa shape index (κ3) is 2.50. The van der Waals surface area contributed by atoms with E-state index in [1.807, 2.05) is 52.0 Å². The Labute approximate surface area is 112 Å². The molecule has 2 N–H and O–H groups in total. The van der Waals surface area contributed by atoms with Crippen LogP contribution in [0.15, 0.2) is 24.3 Å². The minimum absolute atomic E-state index is 0.123. The number of hydrogen-bond acceptors (Lipinski definition) is 4. The zero-order chi connectivity index (χ0) is 14.2. The normalized spacial score (nSPS) is 11.6. The Morgan fingerprint density at radius 2 is 1.89 bits per heavy atom. The van der Waals surface area contributed by atoms with E-state index in [0.717, 1.165) is 11.1 Å². The van der Waals surface area contributed by atoms with Crippen LogP contribution in [0.3, 0.4) is 0 Å². The Kier molecular flexibility index (Phi) is 3.14. The van der Waals surface area contributed by atoms with E-state index in [0.29, 0.717) is 5.82 Å². The molecule has 2 rings (SSSR count). The van der Waals surface area contributed by atoms with Gasteiger partial charge in [-0.25, -0.2) is 0 Å². The Hall–Kier alpha value is -2.17. The van der Waals surface area contributed by atoms with Gasteiger partial charge in [-0.05, 0) is 12.5 Å². The van der Waals surface area contributed by atoms with Crippen molar-refractivity contribution in [1.82, 2.24) is 14.8 Å². The molecule has 0 aliphatic carbocycles. The first-order valence-electron chi connectivity index (χ1n) is 6.14. The molecule has 5 nitrogen and oxygen atoms in total. The second kappa shape index (κ2) is 4.50. The smallest absolute Gasteiger partial charge is 0.255 e. The molecule has 0 amide bonds. The molecule has 0 unspecified atom stereocenters. The standard InChI is InChI=1S/C14H18N4O/c1-9-7-5-6-8-10(9)11-16-13(15)18(17-11)12(19)14(2,3)4/h5-8H,1-4H3,(H2,15,16,17). The molecule has 1 aromatic carbocycles. The number of anilines is 1. The molecule has 0 radical (unpaired) electrons. The number of benzene rings is 1. The lowest BCUT2D eigenvalue weighted by Crippen LogP contribution is -2.28. The van der Waals surface area contributed by atoms with Gasteiger partial charge in [0.1, 0.15) is 0 Å². The molecule has 0 aliphatic heterocycles. The summed E-state index contributed by atoms with van der Waals surface area (Å²) in [5.74, 6) is 0.434. The molecular formula is C14H18N4O. The maximum Gasteiger partial charge on any atom is 0.255 e. The van der Waals surface area contributed by atoms with Gasteiger partial charge in [-0.2, -0.15) is 9.67 Å². The molecular weight excluding hydrogens is 240 g/mol. The minimum atomic E-state index is -0.551. The summed E-state index contributed by atoms with van der Waals surface area (Å²) in [5.41, 5.74) is 7.17. The molecule has 0 aliphatic rings. The van der Waals surface area contributed by atoms with Crippen molar-refractivity contribution < 1.29 is 4.79 Å². The number of carbonyl (C=O) groups excluding carboxylic acids is 1. The topological polar surface area (TPSA) is 73.8 Å². The van der Waals surface area contributed by atoms with Gasteiger partial charge in [-0.15, -0.1) is 5.10 Å². The summed E-state index contributed by atoms with van der Waals surface area (Å²) in [6.45, 7) is 7.44. The molecule has 0 atom stereocenters. The van der Waals surface area contributed by atoms with E-state index < -0.39 is 5.41 Å². The lowest BCUT2D eigenvalue weighted by atomic mass is 9.96. The fourth-order valence-corrected chi connectivity index (χ4v) is 1.73. The van der Waals surface area contributed by atoms with Gasteiger partial charge in [0.25, 0.3) is 5.91 Å². The van der Waals surface area contributed by atoms with E-state index in [-0.39, 0.29) is 11.9 Å². The average Bonchev–Trinajstić information content (AvgIpc) is 2.69. The molecule has 0 saturated heterocycles. The van der Waals surface area contributed by atoms with Crippen LogP contribution < -0.4 is 5.73 Å². The molecule has 100 valence electrons. The van der Waals surface area contributed by atoms with Crippen molar-refractivity contribution in [2.75, 3.05) is 5.73 Å². The third-order valence-corrected chi connectivity index (χ3v) is 2.85. The minimum Gasteiger partial charge on any atom is -0.368 e. The van der Waals surface area contributed by atoms with E-state index in [9.17, 15) is 4.79 Å². The molecule has 0 bridgehead atoms. The highest BCUT2D eigenvalue weighted by Gasteiger charge is 2.27. The van der Waals surface area contributed by atoms with Gasteiger partial charge in [0.05, 0.1) is 0 Å². The van der Waals surface area contributed by atoms with Gasteiger partial charge in [0.2, 0.25) is 5.95 Å². The van der Waals surface area contributed by atoms with Gasteiger partial charge in [-0.3, -0.25) is 4.79 Å². The number of nitrogens with zero attached hydrogens (tertiary/aromatic N) is 3. The molecule has 0 spiro atoms. The summed E-state index contributed by atoms with van der Waals surface area (Å²) in [6, 6.07) is 7.73. The van der Waals surface area contributed by atoms with Crippen molar-refractivity contribution >= 4 is 11.9 Å². The Morgan fingerprint density at radius 3 is 2.47 bits per heavy atom. The zero-order valence-electron chi connectivity index (χ0n) is 11.6. The maximum atomic E-state index is 12.2. The highest BCUT2D eigenvalue weighted by molar-refractivity contribution is 5.85.